The van der Waals surface area contributed by atoms with Crippen LogP contribution in [-0.4, -0.2) is 47.8 Å². The lowest BCUT2D eigenvalue weighted by Gasteiger charge is -2.30. The van der Waals surface area contributed by atoms with Gasteiger partial charge in [-0.15, -0.1) is 0 Å². The van der Waals surface area contributed by atoms with Gasteiger partial charge in [-0.25, -0.2) is 0 Å². The Hall–Kier alpha value is -0.120. The molecule has 1 heterocycles. The Labute approximate surface area is 107 Å². The molecule has 3 atom stereocenters. The van der Waals surface area contributed by atoms with Crippen molar-refractivity contribution >= 4 is 0 Å². The van der Waals surface area contributed by atoms with Crippen molar-refractivity contribution in [2.24, 2.45) is 5.92 Å². The summed E-state index contributed by atoms with van der Waals surface area (Å²) in [7, 11) is 0. The molecule has 1 fully saturated rings. The first-order valence-electron chi connectivity index (χ1n) is 7.19. The third-order valence-corrected chi connectivity index (χ3v) is 3.78. The first-order valence-corrected chi connectivity index (χ1v) is 7.19. The summed E-state index contributed by atoms with van der Waals surface area (Å²) in [4.78, 5) is 2.49. The Morgan fingerprint density at radius 1 is 1.29 bits per heavy atom. The number of aliphatic hydroxyl groups excluding tert-OH is 1. The minimum Gasteiger partial charge on any atom is -0.390 e. The molecule has 0 aromatic heterocycles. The van der Waals surface area contributed by atoms with Gasteiger partial charge in [0.05, 0.1) is 6.10 Å². The lowest BCUT2D eigenvalue weighted by atomic mass is 10.1. The van der Waals surface area contributed by atoms with E-state index in [1.54, 1.807) is 0 Å². The van der Waals surface area contributed by atoms with E-state index in [1.165, 1.54) is 19.3 Å². The van der Waals surface area contributed by atoms with Crippen LogP contribution in [0.5, 0.6) is 0 Å². The summed E-state index contributed by atoms with van der Waals surface area (Å²) in [5.74, 6) is 0.649. The van der Waals surface area contributed by atoms with Crippen molar-refractivity contribution in [1.82, 2.24) is 10.2 Å². The molecule has 0 spiro atoms. The van der Waals surface area contributed by atoms with E-state index in [-0.39, 0.29) is 6.10 Å². The van der Waals surface area contributed by atoms with Crippen molar-refractivity contribution in [3.63, 3.8) is 0 Å². The second kappa shape index (κ2) is 7.34. The molecule has 0 bridgehead atoms. The maximum atomic E-state index is 10.0. The highest BCUT2D eigenvalue weighted by atomic mass is 16.3. The van der Waals surface area contributed by atoms with Gasteiger partial charge in [0.1, 0.15) is 0 Å². The molecule has 1 rings (SSSR count). The summed E-state index contributed by atoms with van der Waals surface area (Å²) in [6, 6.07) is 1.32. The predicted molar refractivity (Wildman–Crippen MR) is 73.2 cm³/mol. The van der Waals surface area contributed by atoms with Crippen LogP contribution < -0.4 is 5.32 Å². The normalized spacial score (nSPS) is 27.9. The molecule has 0 amide bonds. The van der Waals surface area contributed by atoms with Crippen molar-refractivity contribution in [3.05, 3.63) is 0 Å². The average Bonchev–Trinajstić information content (AvgIpc) is 2.59. The molecule has 2 N–H and O–H groups in total. The number of hydrogen-bond acceptors (Lipinski definition) is 3. The van der Waals surface area contributed by atoms with Crippen molar-refractivity contribution in [3.8, 4) is 0 Å². The monoisotopic (exact) mass is 242 g/mol. The Morgan fingerprint density at radius 2 is 2.00 bits per heavy atom. The lowest BCUT2D eigenvalue weighted by Crippen LogP contribution is -2.43. The third kappa shape index (κ3) is 4.94. The minimum absolute atomic E-state index is 0.233. The van der Waals surface area contributed by atoms with Gasteiger partial charge in [0.15, 0.2) is 0 Å². The van der Waals surface area contributed by atoms with Crippen molar-refractivity contribution in [2.45, 2.75) is 65.1 Å². The lowest BCUT2D eigenvalue weighted by molar-refractivity contribution is 0.0850. The largest absolute Gasteiger partial charge is 0.390 e. The number of likely N-dealkylation sites (tertiary alicyclic amines) is 1. The topological polar surface area (TPSA) is 35.5 Å². The Morgan fingerprint density at radius 3 is 2.59 bits per heavy atom. The first kappa shape index (κ1) is 14.9. The highest BCUT2D eigenvalue weighted by Crippen LogP contribution is 2.25. The summed E-state index contributed by atoms with van der Waals surface area (Å²) < 4.78 is 0. The van der Waals surface area contributed by atoms with Gasteiger partial charge in [-0.1, -0.05) is 20.8 Å². The van der Waals surface area contributed by atoms with Crippen molar-refractivity contribution in [1.29, 1.82) is 0 Å². The van der Waals surface area contributed by atoms with Crippen LogP contribution in [0.4, 0.5) is 0 Å². The van der Waals surface area contributed by atoms with Crippen LogP contribution in [0.25, 0.3) is 0 Å². The van der Waals surface area contributed by atoms with Crippen LogP contribution in [0.2, 0.25) is 0 Å². The van der Waals surface area contributed by atoms with E-state index in [0.29, 0.717) is 18.0 Å². The highest BCUT2D eigenvalue weighted by molar-refractivity contribution is 4.86. The highest BCUT2D eigenvalue weighted by Gasteiger charge is 2.30. The summed E-state index contributed by atoms with van der Waals surface area (Å²) >= 11 is 0. The number of nitrogens with one attached hydrogen (secondary N) is 1. The molecular weight excluding hydrogens is 212 g/mol. The fourth-order valence-electron chi connectivity index (χ4n) is 2.74. The van der Waals surface area contributed by atoms with Crippen LogP contribution in [0.1, 0.15) is 47.0 Å². The van der Waals surface area contributed by atoms with Gasteiger partial charge in [-0.2, -0.15) is 0 Å². The minimum atomic E-state index is -0.233. The zero-order valence-corrected chi connectivity index (χ0v) is 11.9. The van der Waals surface area contributed by atoms with Gasteiger partial charge in [0.2, 0.25) is 0 Å². The Balaban J connectivity index is 2.26. The summed E-state index contributed by atoms with van der Waals surface area (Å²) in [6.45, 7) is 11.4. The van der Waals surface area contributed by atoms with Gasteiger partial charge in [0, 0.05) is 25.2 Å². The number of β-amino-alcohol motifs (C(OH)–C–C–N with tert-alkyl or cyclic N) is 1. The molecular formula is C14H30N2O. The SMILES string of the molecule is CCC1CCC(C)N1CC(O)CNCC(C)C. The maximum Gasteiger partial charge on any atom is 0.0791 e. The zero-order chi connectivity index (χ0) is 12.8. The van der Waals surface area contributed by atoms with E-state index in [0.717, 1.165) is 19.6 Å². The molecule has 0 aliphatic carbocycles. The van der Waals surface area contributed by atoms with Crippen LogP contribution in [0.15, 0.2) is 0 Å². The predicted octanol–water partition coefficient (Wildman–Crippen LogP) is 1.86. The van der Waals surface area contributed by atoms with Gasteiger partial charge in [-0.3, -0.25) is 4.90 Å². The van der Waals surface area contributed by atoms with Crippen LogP contribution in [0, 0.1) is 5.92 Å². The molecule has 3 unspecified atom stereocenters. The molecule has 0 radical (unpaired) electrons. The van der Waals surface area contributed by atoms with Crippen LogP contribution in [0.3, 0.4) is 0 Å². The van der Waals surface area contributed by atoms with E-state index < -0.39 is 0 Å². The fourth-order valence-corrected chi connectivity index (χ4v) is 2.74. The van der Waals surface area contributed by atoms with Crippen LogP contribution >= 0.6 is 0 Å². The number of hydrogen-bond donors (Lipinski definition) is 2. The standard InChI is InChI=1S/C14H30N2O/c1-5-13-7-6-12(4)16(13)10-14(17)9-15-8-11(2)3/h11-15,17H,5-10H2,1-4H3. The summed E-state index contributed by atoms with van der Waals surface area (Å²) in [5, 5.41) is 13.4. The molecule has 1 aliphatic heterocycles. The third-order valence-electron chi connectivity index (χ3n) is 3.78. The zero-order valence-electron chi connectivity index (χ0n) is 11.9. The molecule has 3 nitrogen and oxygen atoms in total. The molecule has 0 aromatic rings. The Kier molecular flexibility index (Phi) is 6.45. The molecule has 0 aromatic carbocycles. The van der Waals surface area contributed by atoms with Crippen LogP contribution in [-0.2, 0) is 0 Å². The van der Waals surface area contributed by atoms with Crippen molar-refractivity contribution in [2.75, 3.05) is 19.6 Å². The molecule has 0 saturated carbocycles. The smallest absolute Gasteiger partial charge is 0.0791 e. The van der Waals surface area contributed by atoms with E-state index in [4.69, 9.17) is 0 Å². The second-order valence-corrected chi connectivity index (χ2v) is 5.89. The summed E-state index contributed by atoms with van der Waals surface area (Å²) in [6.07, 6.45) is 3.55. The average molecular weight is 242 g/mol. The number of rotatable bonds is 7. The first-order chi connectivity index (χ1) is 8.04. The fraction of sp³-hybridized carbons (Fsp3) is 1.00. The van der Waals surface area contributed by atoms with E-state index >= 15 is 0 Å². The molecule has 17 heavy (non-hydrogen) atoms. The quantitative estimate of drug-likeness (QED) is 0.715. The second-order valence-electron chi connectivity index (χ2n) is 5.89. The molecule has 1 saturated heterocycles. The van der Waals surface area contributed by atoms with Gasteiger partial charge in [0.25, 0.3) is 0 Å². The molecule has 3 heteroatoms. The maximum absolute atomic E-state index is 10.0. The van der Waals surface area contributed by atoms with E-state index in [2.05, 4.69) is 37.9 Å². The number of aliphatic hydroxyl groups is 1. The number of nitrogens with zero attached hydrogens (tertiary/aromatic N) is 1. The van der Waals surface area contributed by atoms with Gasteiger partial charge in [-0.05, 0) is 38.6 Å². The Bertz CT molecular complexity index is 208. The van der Waals surface area contributed by atoms with Crippen molar-refractivity contribution < 1.29 is 5.11 Å². The van der Waals surface area contributed by atoms with E-state index in [9.17, 15) is 5.11 Å². The molecule has 1 aliphatic rings. The van der Waals surface area contributed by atoms with Gasteiger partial charge < -0.3 is 10.4 Å². The molecule has 102 valence electrons. The summed E-state index contributed by atoms with van der Waals surface area (Å²) in [5.41, 5.74) is 0. The van der Waals surface area contributed by atoms with E-state index in [1.807, 2.05) is 0 Å². The van der Waals surface area contributed by atoms with Gasteiger partial charge >= 0.3 is 0 Å².